The van der Waals surface area contributed by atoms with Gasteiger partial charge in [-0.25, -0.2) is 4.79 Å². The Labute approximate surface area is 144 Å². The summed E-state index contributed by atoms with van der Waals surface area (Å²) in [6.07, 6.45) is 2.89. The first-order valence-corrected chi connectivity index (χ1v) is 8.14. The summed E-state index contributed by atoms with van der Waals surface area (Å²) in [5.74, 6) is -4.02. The summed E-state index contributed by atoms with van der Waals surface area (Å²) in [7, 11) is 0. The van der Waals surface area contributed by atoms with Crippen LogP contribution in [0.25, 0.3) is 0 Å². The number of amides is 1. The monoisotopic (exact) mass is 344 g/mol. The number of carbonyl (C=O) groups excluding carboxylic acids is 3. The van der Waals surface area contributed by atoms with Crippen LogP contribution in [-0.2, 0) is 19.1 Å². The highest BCUT2D eigenvalue weighted by molar-refractivity contribution is 5.97. The second-order valence-corrected chi connectivity index (χ2v) is 6.02. The zero-order valence-electron chi connectivity index (χ0n) is 13.6. The molecule has 0 aromatic heterocycles. The third-order valence-corrected chi connectivity index (χ3v) is 4.30. The zero-order valence-corrected chi connectivity index (χ0v) is 13.6. The fourth-order valence-electron chi connectivity index (χ4n) is 3.09. The maximum Gasteiger partial charge on any atom is 0.338 e. The molecule has 25 heavy (non-hydrogen) atoms. The Morgan fingerprint density at radius 1 is 1.12 bits per heavy atom. The number of benzene rings is 1. The molecule has 1 amide bonds. The molecule has 0 saturated carbocycles. The van der Waals surface area contributed by atoms with E-state index in [-0.39, 0.29) is 0 Å². The lowest BCUT2D eigenvalue weighted by Crippen LogP contribution is -2.45. The SMILES string of the molecule is CCCOC(=O)c1ccc(NC(=O)[C@H]2[C@@H](C(=O)[O-])[C@H]3C=C[C@@H]2O3)cc1. The number of anilines is 1. The smallest absolute Gasteiger partial charge is 0.338 e. The molecule has 0 aliphatic carbocycles. The average molecular weight is 344 g/mol. The number of rotatable bonds is 6. The number of carboxylic acid groups (broad SMARTS) is 1. The van der Waals surface area contributed by atoms with Crippen LogP contribution >= 0.6 is 0 Å². The third kappa shape index (κ3) is 3.41. The van der Waals surface area contributed by atoms with Gasteiger partial charge in [-0.1, -0.05) is 19.1 Å². The highest BCUT2D eigenvalue weighted by Crippen LogP contribution is 2.39. The second-order valence-electron chi connectivity index (χ2n) is 6.02. The Hall–Kier alpha value is -2.67. The van der Waals surface area contributed by atoms with Crippen LogP contribution in [0.1, 0.15) is 23.7 Å². The van der Waals surface area contributed by atoms with E-state index in [1.165, 1.54) is 0 Å². The fourth-order valence-corrected chi connectivity index (χ4v) is 3.09. The first-order chi connectivity index (χ1) is 12.0. The quantitative estimate of drug-likeness (QED) is 0.595. The highest BCUT2D eigenvalue weighted by atomic mass is 16.5. The predicted octanol–water partition coefficient (Wildman–Crippen LogP) is 0.511. The standard InChI is InChI=1S/C18H19NO6/c1-2-9-24-18(23)10-3-5-11(6-4-10)19-16(20)14-12-7-8-13(25-12)15(14)17(21)22/h3-8,12-15H,2,9H2,1H3,(H,19,20)(H,21,22)/p-1/t12-,13+,14+,15-/m0/s1. The molecule has 1 fully saturated rings. The Bertz CT molecular complexity index is 711. The number of fused-ring (bicyclic) bond motifs is 2. The molecule has 3 rings (SSSR count). The van der Waals surface area contributed by atoms with E-state index >= 15 is 0 Å². The van der Waals surface area contributed by atoms with Crippen LogP contribution < -0.4 is 10.4 Å². The van der Waals surface area contributed by atoms with Crippen LogP contribution in [0.4, 0.5) is 5.69 Å². The summed E-state index contributed by atoms with van der Waals surface area (Å²) in [4.78, 5) is 35.5. The van der Waals surface area contributed by atoms with Crippen LogP contribution in [0.5, 0.6) is 0 Å². The lowest BCUT2D eigenvalue weighted by atomic mass is 9.82. The van der Waals surface area contributed by atoms with Crippen molar-refractivity contribution in [1.29, 1.82) is 0 Å². The van der Waals surface area contributed by atoms with Crippen molar-refractivity contribution in [2.75, 3.05) is 11.9 Å². The molecule has 2 bridgehead atoms. The minimum absolute atomic E-state index is 0.347. The molecule has 2 aliphatic rings. The Kier molecular flexibility index (Phi) is 4.85. The van der Waals surface area contributed by atoms with Crippen molar-refractivity contribution in [3.63, 3.8) is 0 Å². The van der Waals surface area contributed by atoms with Crippen molar-refractivity contribution in [2.45, 2.75) is 25.6 Å². The van der Waals surface area contributed by atoms with E-state index in [4.69, 9.17) is 9.47 Å². The number of hydrogen-bond donors (Lipinski definition) is 1. The maximum atomic E-state index is 12.5. The van der Waals surface area contributed by atoms with E-state index in [1.807, 2.05) is 6.92 Å². The number of carbonyl (C=O) groups is 3. The predicted molar refractivity (Wildman–Crippen MR) is 85.4 cm³/mol. The van der Waals surface area contributed by atoms with Crippen LogP contribution in [0.2, 0.25) is 0 Å². The molecule has 2 aliphatic heterocycles. The van der Waals surface area contributed by atoms with Crippen molar-refractivity contribution in [2.24, 2.45) is 11.8 Å². The van der Waals surface area contributed by atoms with Crippen molar-refractivity contribution in [1.82, 2.24) is 0 Å². The number of nitrogens with one attached hydrogen (secondary N) is 1. The van der Waals surface area contributed by atoms with Gasteiger partial charge in [0.25, 0.3) is 0 Å². The summed E-state index contributed by atoms with van der Waals surface area (Å²) in [5.41, 5.74) is 0.839. The molecule has 7 heteroatoms. The number of esters is 1. The Morgan fingerprint density at radius 2 is 1.76 bits per heavy atom. The molecule has 4 atom stereocenters. The molecule has 1 aromatic carbocycles. The third-order valence-electron chi connectivity index (χ3n) is 4.30. The van der Waals surface area contributed by atoms with E-state index in [1.54, 1.807) is 36.4 Å². The first kappa shape index (κ1) is 17.2. The van der Waals surface area contributed by atoms with Gasteiger partial charge in [-0.15, -0.1) is 0 Å². The molecule has 0 unspecified atom stereocenters. The van der Waals surface area contributed by atoms with E-state index in [2.05, 4.69) is 5.32 Å². The highest BCUT2D eigenvalue weighted by Gasteiger charge is 2.50. The van der Waals surface area contributed by atoms with Crippen LogP contribution in [0.15, 0.2) is 36.4 Å². The molecular weight excluding hydrogens is 326 g/mol. The summed E-state index contributed by atoms with van der Waals surface area (Å²) in [6, 6.07) is 6.22. The number of ether oxygens (including phenoxy) is 2. The lowest BCUT2D eigenvalue weighted by molar-refractivity contribution is -0.313. The summed E-state index contributed by atoms with van der Waals surface area (Å²) < 4.78 is 10.5. The molecule has 1 aromatic rings. The zero-order chi connectivity index (χ0) is 18.0. The van der Waals surface area contributed by atoms with Gasteiger partial charge in [0, 0.05) is 17.6 Å². The van der Waals surface area contributed by atoms with E-state index in [9.17, 15) is 19.5 Å². The second kappa shape index (κ2) is 7.06. The van der Waals surface area contributed by atoms with Crippen LogP contribution in [0.3, 0.4) is 0 Å². The van der Waals surface area contributed by atoms with Crippen molar-refractivity contribution >= 4 is 23.5 Å². The van der Waals surface area contributed by atoms with Gasteiger partial charge in [0.05, 0.1) is 30.3 Å². The van der Waals surface area contributed by atoms with Gasteiger partial charge in [-0.2, -0.15) is 0 Å². The van der Waals surface area contributed by atoms with Gasteiger partial charge in [-0.3, -0.25) is 4.79 Å². The average Bonchev–Trinajstić information content (AvgIpc) is 3.21. The normalized spacial score (nSPS) is 26.4. The fraction of sp³-hybridized carbons (Fsp3) is 0.389. The van der Waals surface area contributed by atoms with E-state index in [0.717, 1.165) is 6.42 Å². The molecular formula is C18H18NO6-. The number of aliphatic carboxylic acids is 1. The van der Waals surface area contributed by atoms with Crippen molar-refractivity contribution < 1.29 is 29.0 Å². The van der Waals surface area contributed by atoms with E-state index < -0.39 is 41.9 Å². The first-order valence-electron chi connectivity index (χ1n) is 8.14. The van der Waals surface area contributed by atoms with Crippen molar-refractivity contribution in [3.8, 4) is 0 Å². The number of hydrogen-bond acceptors (Lipinski definition) is 6. The summed E-state index contributed by atoms with van der Waals surface area (Å²) >= 11 is 0. The Morgan fingerprint density at radius 3 is 2.36 bits per heavy atom. The van der Waals surface area contributed by atoms with Gasteiger partial charge in [-0.05, 0) is 30.7 Å². The van der Waals surface area contributed by atoms with Gasteiger partial charge < -0.3 is 24.7 Å². The largest absolute Gasteiger partial charge is 0.550 e. The molecule has 0 spiro atoms. The molecule has 1 saturated heterocycles. The molecule has 2 heterocycles. The lowest BCUT2D eigenvalue weighted by Gasteiger charge is -2.24. The van der Waals surface area contributed by atoms with Crippen LogP contribution in [-0.4, -0.2) is 36.7 Å². The summed E-state index contributed by atoms with van der Waals surface area (Å²) in [6.45, 7) is 2.25. The summed E-state index contributed by atoms with van der Waals surface area (Å²) in [5, 5.41) is 14.0. The number of carboxylic acids is 1. The van der Waals surface area contributed by atoms with E-state index in [0.29, 0.717) is 17.9 Å². The molecule has 0 radical (unpaired) electrons. The van der Waals surface area contributed by atoms with Gasteiger partial charge in [0.1, 0.15) is 0 Å². The minimum atomic E-state index is -1.30. The topological polar surface area (TPSA) is 105 Å². The van der Waals surface area contributed by atoms with Gasteiger partial charge in [0.15, 0.2) is 0 Å². The molecule has 1 N–H and O–H groups in total. The Balaban J connectivity index is 1.66. The minimum Gasteiger partial charge on any atom is -0.550 e. The van der Waals surface area contributed by atoms with Gasteiger partial charge in [0.2, 0.25) is 5.91 Å². The molecule has 7 nitrogen and oxygen atoms in total. The maximum absolute atomic E-state index is 12.5. The van der Waals surface area contributed by atoms with Crippen molar-refractivity contribution in [3.05, 3.63) is 42.0 Å². The van der Waals surface area contributed by atoms with Gasteiger partial charge >= 0.3 is 5.97 Å². The van der Waals surface area contributed by atoms with Crippen LogP contribution in [0, 0.1) is 11.8 Å². The molecule has 132 valence electrons.